The van der Waals surface area contributed by atoms with E-state index in [4.69, 9.17) is 9.73 Å². The number of allylic oxidation sites excluding steroid dienone is 1. The Bertz CT molecular complexity index is 854. The minimum absolute atomic E-state index is 0.0958. The van der Waals surface area contributed by atoms with Crippen molar-refractivity contribution < 1.29 is 9.53 Å². The molecule has 0 aliphatic carbocycles. The zero-order valence-corrected chi connectivity index (χ0v) is 23.3. The highest BCUT2D eigenvalue weighted by molar-refractivity contribution is 8.04. The molecule has 2 atom stereocenters. The van der Waals surface area contributed by atoms with Crippen molar-refractivity contribution in [2.24, 2.45) is 16.3 Å². The first-order valence-electron chi connectivity index (χ1n) is 13.2. The molecule has 0 spiro atoms. The number of ketones is 1. The van der Waals surface area contributed by atoms with Crippen molar-refractivity contribution in [1.29, 1.82) is 0 Å². The highest BCUT2D eigenvalue weighted by Gasteiger charge is 2.25. The van der Waals surface area contributed by atoms with Gasteiger partial charge in [-0.2, -0.15) is 0 Å². The van der Waals surface area contributed by atoms with E-state index in [1.807, 2.05) is 13.1 Å². The smallest absolute Gasteiger partial charge is 0.155 e. The van der Waals surface area contributed by atoms with Crippen molar-refractivity contribution in [2.75, 3.05) is 12.4 Å². The number of ether oxygens (including phenoxy) is 1. The molecule has 1 N–H and O–H groups in total. The van der Waals surface area contributed by atoms with E-state index >= 15 is 0 Å². The molecule has 190 valence electrons. The van der Waals surface area contributed by atoms with Crippen LogP contribution in [0.5, 0.6) is 5.75 Å². The first-order chi connectivity index (χ1) is 16.2. The van der Waals surface area contributed by atoms with Gasteiger partial charge in [-0.1, -0.05) is 67.7 Å². The number of Topliss-reactive ketones (excluding diaryl/α,β-unsaturated/α-hetero) is 1. The van der Waals surface area contributed by atoms with E-state index in [2.05, 4.69) is 65.1 Å². The number of carbonyl (C=O) groups is 1. The molecule has 0 bridgehead atoms. The summed E-state index contributed by atoms with van der Waals surface area (Å²) in [7, 11) is 0. The monoisotopic (exact) mass is 486 g/mol. The molecule has 5 heteroatoms. The summed E-state index contributed by atoms with van der Waals surface area (Å²) in [6, 6.07) is 6.24. The van der Waals surface area contributed by atoms with Gasteiger partial charge in [0, 0.05) is 23.3 Å². The summed E-state index contributed by atoms with van der Waals surface area (Å²) in [6.45, 7) is 16.1. The Morgan fingerprint density at radius 1 is 1.24 bits per heavy atom. The van der Waals surface area contributed by atoms with Crippen molar-refractivity contribution in [3.63, 3.8) is 0 Å². The zero-order chi connectivity index (χ0) is 25.1. The number of carbonyl (C=O) groups excluding carboxylic acids is 1. The SMILES string of the molecule is CCCCC(CC)COc1ccc(/N=C(\CC(C)(C)C)C2=CNC(C(=O)CC)CS2)c(CC)c1. The van der Waals surface area contributed by atoms with E-state index in [1.165, 1.54) is 24.8 Å². The minimum atomic E-state index is -0.0958. The summed E-state index contributed by atoms with van der Waals surface area (Å²) in [6.07, 6.45) is 9.24. The Labute approximate surface area is 212 Å². The van der Waals surface area contributed by atoms with Gasteiger partial charge in [0.1, 0.15) is 5.75 Å². The van der Waals surface area contributed by atoms with E-state index < -0.39 is 0 Å². The van der Waals surface area contributed by atoms with Crippen LogP contribution in [0.25, 0.3) is 0 Å². The number of rotatable bonds is 13. The molecule has 1 heterocycles. The lowest BCUT2D eigenvalue weighted by Gasteiger charge is -2.26. The molecule has 34 heavy (non-hydrogen) atoms. The number of nitrogens with one attached hydrogen (secondary N) is 1. The molecule has 0 amide bonds. The van der Waals surface area contributed by atoms with Crippen molar-refractivity contribution in [3.05, 3.63) is 34.9 Å². The van der Waals surface area contributed by atoms with Gasteiger partial charge >= 0.3 is 0 Å². The summed E-state index contributed by atoms with van der Waals surface area (Å²) >= 11 is 1.74. The average molecular weight is 487 g/mol. The second-order valence-electron chi connectivity index (χ2n) is 10.5. The normalized spacial score (nSPS) is 17.7. The predicted octanol–water partition coefficient (Wildman–Crippen LogP) is 7.88. The largest absolute Gasteiger partial charge is 0.493 e. The molecule has 0 saturated heterocycles. The molecular weight excluding hydrogens is 440 g/mol. The van der Waals surface area contributed by atoms with E-state index in [0.717, 1.165) is 53.7 Å². The van der Waals surface area contributed by atoms with Gasteiger partial charge in [-0.05, 0) is 54.4 Å². The topological polar surface area (TPSA) is 50.7 Å². The summed E-state index contributed by atoms with van der Waals surface area (Å²) in [5.74, 6) is 2.58. The summed E-state index contributed by atoms with van der Waals surface area (Å²) in [5, 5.41) is 3.32. The predicted molar refractivity (Wildman–Crippen MR) is 149 cm³/mol. The van der Waals surface area contributed by atoms with Crippen LogP contribution >= 0.6 is 11.8 Å². The Balaban J connectivity index is 2.25. The fourth-order valence-corrected chi connectivity index (χ4v) is 5.09. The zero-order valence-electron chi connectivity index (χ0n) is 22.5. The van der Waals surface area contributed by atoms with Crippen LogP contribution in [0.15, 0.2) is 34.3 Å². The standard InChI is InChI=1S/C29H46N2O2S/c1-8-12-13-21(9-2)19-33-23-14-15-24(22(10-3)16-23)31-25(17-29(5,6)7)28-18-30-26(20-34-28)27(32)11-4/h14-16,18,21,26,30H,8-13,17,19-20H2,1-7H3/b31-25+. The van der Waals surface area contributed by atoms with Gasteiger partial charge in [-0.15, -0.1) is 11.8 Å². The van der Waals surface area contributed by atoms with Gasteiger partial charge in [0.15, 0.2) is 5.78 Å². The quantitative estimate of drug-likeness (QED) is 0.288. The number of hydrogen-bond acceptors (Lipinski definition) is 5. The molecule has 0 fully saturated rings. The molecule has 4 nitrogen and oxygen atoms in total. The van der Waals surface area contributed by atoms with E-state index in [9.17, 15) is 4.79 Å². The summed E-state index contributed by atoms with van der Waals surface area (Å²) < 4.78 is 6.19. The van der Waals surface area contributed by atoms with E-state index in [0.29, 0.717) is 12.3 Å². The highest BCUT2D eigenvalue weighted by atomic mass is 32.2. The second-order valence-corrected chi connectivity index (χ2v) is 11.6. The van der Waals surface area contributed by atoms with E-state index in [1.54, 1.807) is 11.8 Å². The maximum atomic E-state index is 12.1. The van der Waals surface area contributed by atoms with Gasteiger partial charge in [0.2, 0.25) is 0 Å². The number of aryl methyl sites for hydroxylation is 1. The molecule has 0 radical (unpaired) electrons. The number of nitrogens with zero attached hydrogens (tertiary/aromatic N) is 1. The maximum Gasteiger partial charge on any atom is 0.155 e. The van der Waals surface area contributed by atoms with Crippen LogP contribution in [-0.2, 0) is 11.2 Å². The van der Waals surface area contributed by atoms with Crippen LogP contribution in [-0.4, -0.2) is 29.9 Å². The number of unbranched alkanes of at least 4 members (excludes halogenated alkanes) is 1. The molecule has 0 saturated carbocycles. The first kappa shape index (κ1) is 28.5. The number of aliphatic imine (C=N–C) groups is 1. The Morgan fingerprint density at radius 2 is 2.00 bits per heavy atom. The molecule has 1 aliphatic rings. The fraction of sp³-hybridized carbons (Fsp3) is 0.655. The molecule has 2 rings (SSSR count). The van der Waals surface area contributed by atoms with Crippen molar-refractivity contribution >= 4 is 28.9 Å². The third kappa shape index (κ3) is 9.13. The average Bonchev–Trinajstić information content (AvgIpc) is 2.83. The van der Waals surface area contributed by atoms with Gasteiger partial charge in [-0.25, -0.2) is 0 Å². The minimum Gasteiger partial charge on any atom is -0.493 e. The highest BCUT2D eigenvalue weighted by Crippen LogP contribution is 2.33. The third-order valence-corrected chi connectivity index (χ3v) is 7.42. The van der Waals surface area contributed by atoms with Crippen LogP contribution in [0.1, 0.15) is 92.6 Å². The van der Waals surface area contributed by atoms with E-state index in [-0.39, 0.29) is 17.2 Å². The Morgan fingerprint density at radius 3 is 2.56 bits per heavy atom. The van der Waals surface area contributed by atoms with Gasteiger partial charge < -0.3 is 10.1 Å². The summed E-state index contributed by atoms with van der Waals surface area (Å²) in [4.78, 5) is 18.4. The van der Waals surface area contributed by atoms with Crippen LogP contribution in [0.4, 0.5) is 5.69 Å². The molecule has 1 aliphatic heterocycles. The van der Waals surface area contributed by atoms with Crippen LogP contribution < -0.4 is 10.1 Å². The van der Waals surface area contributed by atoms with Crippen LogP contribution in [0.3, 0.4) is 0 Å². The molecule has 1 aromatic carbocycles. The summed E-state index contributed by atoms with van der Waals surface area (Å²) in [5.41, 5.74) is 3.42. The van der Waals surface area contributed by atoms with Gasteiger partial charge in [-0.3, -0.25) is 9.79 Å². The molecule has 2 unspecified atom stereocenters. The van der Waals surface area contributed by atoms with Gasteiger partial charge in [0.05, 0.1) is 24.0 Å². The lowest BCUT2D eigenvalue weighted by molar-refractivity contribution is -0.120. The fourth-order valence-electron chi connectivity index (χ4n) is 4.02. The van der Waals surface area contributed by atoms with Crippen LogP contribution in [0.2, 0.25) is 0 Å². The second kappa shape index (κ2) is 14.0. The maximum absolute atomic E-state index is 12.1. The Kier molecular flexibility index (Phi) is 11.7. The molecule has 1 aromatic rings. The molecular formula is C29H46N2O2S. The lowest BCUT2D eigenvalue weighted by atomic mass is 9.89. The first-order valence-corrected chi connectivity index (χ1v) is 14.1. The number of thioether (sulfide) groups is 1. The van der Waals surface area contributed by atoms with Gasteiger partial charge in [0.25, 0.3) is 0 Å². The van der Waals surface area contributed by atoms with Crippen molar-refractivity contribution in [3.8, 4) is 5.75 Å². The number of hydrogen-bond donors (Lipinski definition) is 1. The lowest BCUT2D eigenvalue weighted by Crippen LogP contribution is -2.38. The molecule has 0 aromatic heterocycles. The number of benzene rings is 1. The third-order valence-electron chi connectivity index (χ3n) is 6.26. The Hall–Kier alpha value is -1.75. The van der Waals surface area contributed by atoms with Crippen molar-refractivity contribution in [2.45, 2.75) is 99.5 Å². The van der Waals surface area contributed by atoms with Crippen molar-refractivity contribution in [1.82, 2.24) is 5.32 Å². The van der Waals surface area contributed by atoms with Crippen LogP contribution in [0, 0.1) is 11.3 Å².